The summed E-state index contributed by atoms with van der Waals surface area (Å²) in [6.45, 7) is 0. The monoisotopic (exact) mass is 393 g/mol. The largest absolute Gasteiger partial charge is 0.465 e. The highest BCUT2D eigenvalue weighted by molar-refractivity contribution is 7.92. The van der Waals surface area contributed by atoms with Gasteiger partial charge in [0.05, 0.1) is 23.4 Å². The van der Waals surface area contributed by atoms with E-state index in [1.54, 1.807) is 0 Å². The third kappa shape index (κ3) is 4.29. The molecule has 2 rings (SSSR count). The van der Waals surface area contributed by atoms with Crippen LogP contribution in [-0.2, 0) is 14.8 Å². The Morgan fingerprint density at radius 3 is 2.22 bits per heavy atom. The molecule has 0 saturated carbocycles. The van der Waals surface area contributed by atoms with Crippen molar-refractivity contribution in [2.24, 2.45) is 0 Å². The van der Waals surface area contributed by atoms with E-state index >= 15 is 0 Å². The lowest BCUT2D eigenvalue weighted by molar-refractivity contribution is 0.0600. The van der Waals surface area contributed by atoms with E-state index in [1.807, 2.05) is 0 Å². The molecule has 0 spiro atoms. The summed E-state index contributed by atoms with van der Waals surface area (Å²) in [4.78, 5) is 11.3. The minimum atomic E-state index is -4.05. The molecule has 0 radical (unpaired) electrons. The highest BCUT2D eigenvalue weighted by Crippen LogP contribution is 2.28. The minimum Gasteiger partial charge on any atom is -0.465 e. The van der Waals surface area contributed by atoms with Gasteiger partial charge in [0.1, 0.15) is 4.90 Å². The number of ether oxygens (including phenoxy) is 1. The van der Waals surface area contributed by atoms with Crippen LogP contribution in [0.2, 0.25) is 15.1 Å². The number of hydrogen-bond donors (Lipinski definition) is 1. The van der Waals surface area contributed by atoms with Crippen LogP contribution in [0.3, 0.4) is 0 Å². The van der Waals surface area contributed by atoms with Gasteiger partial charge in [0, 0.05) is 10.0 Å². The summed E-state index contributed by atoms with van der Waals surface area (Å²) in [6, 6.07) is 8.04. The number of methoxy groups -OCH3 is 1. The maximum Gasteiger partial charge on any atom is 0.337 e. The van der Waals surface area contributed by atoms with Crippen LogP contribution >= 0.6 is 34.8 Å². The summed E-state index contributed by atoms with van der Waals surface area (Å²) < 4.78 is 31.8. The number of benzene rings is 2. The van der Waals surface area contributed by atoms with Crippen molar-refractivity contribution in [3.8, 4) is 0 Å². The zero-order valence-electron chi connectivity index (χ0n) is 11.6. The molecule has 2 aromatic carbocycles. The predicted octanol–water partition coefficient (Wildman–Crippen LogP) is 4.23. The first kappa shape index (κ1) is 17.9. The van der Waals surface area contributed by atoms with Crippen molar-refractivity contribution in [1.82, 2.24) is 0 Å². The Morgan fingerprint density at radius 2 is 1.65 bits per heavy atom. The molecule has 0 saturated heterocycles. The summed E-state index contributed by atoms with van der Waals surface area (Å²) in [5.41, 5.74) is 0.225. The normalized spacial score (nSPS) is 11.1. The van der Waals surface area contributed by atoms with Crippen molar-refractivity contribution in [2.45, 2.75) is 4.90 Å². The maximum atomic E-state index is 12.5. The topological polar surface area (TPSA) is 72.5 Å². The van der Waals surface area contributed by atoms with Crippen LogP contribution in [0.15, 0.2) is 41.3 Å². The van der Waals surface area contributed by atoms with Gasteiger partial charge in [-0.05, 0) is 36.4 Å². The van der Waals surface area contributed by atoms with Gasteiger partial charge in [0.2, 0.25) is 0 Å². The van der Waals surface area contributed by atoms with Crippen molar-refractivity contribution in [3.05, 3.63) is 57.0 Å². The van der Waals surface area contributed by atoms with Gasteiger partial charge in [-0.15, -0.1) is 0 Å². The van der Waals surface area contributed by atoms with Crippen LogP contribution in [0.25, 0.3) is 0 Å². The zero-order chi connectivity index (χ0) is 17.2. The highest BCUT2D eigenvalue weighted by Gasteiger charge is 2.21. The van der Waals surface area contributed by atoms with E-state index in [4.69, 9.17) is 34.8 Å². The summed E-state index contributed by atoms with van der Waals surface area (Å²) in [5.74, 6) is -0.677. The van der Waals surface area contributed by atoms with E-state index in [9.17, 15) is 13.2 Å². The van der Waals surface area contributed by atoms with E-state index in [2.05, 4.69) is 9.46 Å². The first-order valence-electron chi connectivity index (χ1n) is 6.10. The number of carbonyl (C=O) groups is 1. The van der Waals surface area contributed by atoms with Crippen LogP contribution in [0, 0.1) is 0 Å². The quantitative estimate of drug-likeness (QED) is 0.788. The Labute approximate surface area is 148 Å². The first-order chi connectivity index (χ1) is 10.7. The van der Waals surface area contributed by atoms with E-state index in [-0.39, 0.29) is 31.2 Å². The van der Waals surface area contributed by atoms with Crippen molar-refractivity contribution in [3.63, 3.8) is 0 Å². The second kappa shape index (κ2) is 6.97. The fraction of sp³-hybridized carbons (Fsp3) is 0.0714. The molecular weight excluding hydrogens is 385 g/mol. The smallest absolute Gasteiger partial charge is 0.337 e. The molecule has 122 valence electrons. The van der Waals surface area contributed by atoms with E-state index in [0.717, 1.165) is 6.07 Å². The standard InChI is InChI=1S/C14H10Cl3NO4S/c1-22-14(19)8-2-3-12(17)13(4-8)23(20,21)18-11-6-9(15)5-10(16)7-11/h2-7,18H,1H3. The van der Waals surface area contributed by atoms with Gasteiger partial charge in [-0.3, -0.25) is 4.72 Å². The number of hydrogen-bond acceptors (Lipinski definition) is 4. The molecule has 5 nitrogen and oxygen atoms in total. The molecule has 0 fully saturated rings. The third-order valence-electron chi connectivity index (χ3n) is 2.76. The molecule has 2 aromatic rings. The molecule has 0 aliphatic heterocycles. The van der Waals surface area contributed by atoms with Crippen LogP contribution in [0.5, 0.6) is 0 Å². The molecule has 0 aromatic heterocycles. The average Bonchev–Trinajstić information content (AvgIpc) is 2.45. The lowest BCUT2D eigenvalue weighted by atomic mass is 10.2. The number of anilines is 1. The number of esters is 1. The van der Waals surface area contributed by atoms with Crippen LogP contribution in [0.4, 0.5) is 5.69 Å². The molecular formula is C14H10Cl3NO4S. The van der Waals surface area contributed by atoms with Gasteiger partial charge >= 0.3 is 5.97 Å². The zero-order valence-corrected chi connectivity index (χ0v) is 14.7. The Hall–Kier alpha value is -1.47. The first-order valence-corrected chi connectivity index (χ1v) is 8.71. The SMILES string of the molecule is COC(=O)c1ccc(Cl)c(S(=O)(=O)Nc2cc(Cl)cc(Cl)c2)c1. The number of nitrogens with one attached hydrogen (secondary N) is 1. The Balaban J connectivity index is 2.45. The van der Waals surface area contributed by atoms with E-state index in [1.165, 1.54) is 37.4 Å². The van der Waals surface area contributed by atoms with Crippen LogP contribution in [-0.4, -0.2) is 21.5 Å². The molecule has 0 heterocycles. The second-order valence-electron chi connectivity index (χ2n) is 4.40. The van der Waals surface area contributed by atoms with Gasteiger partial charge in [-0.25, -0.2) is 13.2 Å². The second-order valence-corrected chi connectivity index (χ2v) is 7.33. The van der Waals surface area contributed by atoms with Crippen molar-refractivity contribution >= 4 is 56.5 Å². The van der Waals surface area contributed by atoms with Crippen LogP contribution < -0.4 is 4.72 Å². The Morgan fingerprint density at radius 1 is 1.04 bits per heavy atom. The van der Waals surface area contributed by atoms with Gasteiger partial charge in [0.25, 0.3) is 10.0 Å². The minimum absolute atomic E-state index is 0.0433. The summed E-state index contributed by atoms with van der Waals surface area (Å²) >= 11 is 17.6. The number of sulfonamides is 1. The van der Waals surface area contributed by atoms with Gasteiger partial charge in [-0.2, -0.15) is 0 Å². The van der Waals surface area contributed by atoms with Gasteiger partial charge in [-0.1, -0.05) is 34.8 Å². The summed E-state index contributed by atoms with van der Waals surface area (Å²) in [5, 5.41) is 0.493. The Kier molecular flexibility index (Phi) is 5.41. The third-order valence-corrected chi connectivity index (χ3v) is 5.06. The van der Waals surface area contributed by atoms with E-state index < -0.39 is 16.0 Å². The molecule has 0 aliphatic carbocycles. The number of halogens is 3. The van der Waals surface area contributed by atoms with Gasteiger partial charge < -0.3 is 4.74 Å². The molecule has 0 bridgehead atoms. The molecule has 1 N–H and O–H groups in total. The van der Waals surface area contributed by atoms with Crippen molar-refractivity contribution in [1.29, 1.82) is 0 Å². The molecule has 0 amide bonds. The summed E-state index contributed by atoms with van der Waals surface area (Å²) in [7, 11) is -2.86. The lowest BCUT2D eigenvalue weighted by Gasteiger charge is -2.11. The lowest BCUT2D eigenvalue weighted by Crippen LogP contribution is -2.14. The molecule has 0 atom stereocenters. The van der Waals surface area contributed by atoms with Crippen LogP contribution in [0.1, 0.15) is 10.4 Å². The van der Waals surface area contributed by atoms with Crippen molar-refractivity contribution in [2.75, 3.05) is 11.8 Å². The maximum absolute atomic E-state index is 12.5. The molecule has 0 unspecified atom stereocenters. The molecule has 9 heteroatoms. The predicted molar refractivity (Wildman–Crippen MR) is 90.1 cm³/mol. The molecule has 23 heavy (non-hydrogen) atoms. The fourth-order valence-electron chi connectivity index (χ4n) is 1.78. The van der Waals surface area contributed by atoms with Gasteiger partial charge in [0.15, 0.2) is 0 Å². The number of carbonyl (C=O) groups excluding carboxylic acids is 1. The van der Waals surface area contributed by atoms with E-state index in [0.29, 0.717) is 0 Å². The Bertz CT molecular complexity index is 848. The average molecular weight is 395 g/mol. The fourth-order valence-corrected chi connectivity index (χ4v) is 3.87. The molecule has 0 aliphatic rings. The highest BCUT2D eigenvalue weighted by atomic mass is 35.5. The number of rotatable bonds is 4. The summed E-state index contributed by atoms with van der Waals surface area (Å²) in [6.07, 6.45) is 0. The van der Waals surface area contributed by atoms with Crippen molar-refractivity contribution < 1.29 is 17.9 Å².